The lowest BCUT2D eigenvalue weighted by Crippen LogP contribution is -2.37. The number of hydrogen-bond donors (Lipinski definition) is 1. The van der Waals surface area contributed by atoms with Crippen molar-refractivity contribution in [1.82, 2.24) is 15.2 Å². The molecule has 0 spiro atoms. The van der Waals surface area contributed by atoms with Gasteiger partial charge in [-0.05, 0) is 24.5 Å². The van der Waals surface area contributed by atoms with Crippen molar-refractivity contribution in [3.63, 3.8) is 0 Å². The maximum absolute atomic E-state index is 13.9. The summed E-state index contributed by atoms with van der Waals surface area (Å²) in [7, 11) is 1.70. The molecule has 1 aliphatic heterocycles. The lowest BCUT2D eigenvalue weighted by molar-refractivity contribution is 0.185. The fraction of sp³-hybridized carbons (Fsp3) is 0.526. The number of nitrogens with one attached hydrogen (secondary N) is 1. The third-order valence-corrected chi connectivity index (χ3v) is 5.37. The van der Waals surface area contributed by atoms with Crippen molar-refractivity contribution >= 4 is 11.3 Å². The van der Waals surface area contributed by atoms with Crippen LogP contribution in [0.2, 0.25) is 0 Å². The minimum atomic E-state index is -0.736. The largest absolute Gasteiger partial charge is 0.380 e. The highest BCUT2D eigenvalue weighted by Crippen LogP contribution is 2.23. The third-order valence-electron chi connectivity index (χ3n) is 4.55. The Morgan fingerprint density at radius 3 is 2.76 bits per heavy atom. The molecular formula is C19H26FN3OS. The Labute approximate surface area is 153 Å². The number of rotatable bonds is 8. The van der Waals surface area contributed by atoms with E-state index in [9.17, 15) is 4.39 Å². The van der Waals surface area contributed by atoms with Gasteiger partial charge >= 0.3 is 0 Å². The summed E-state index contributed by atoms with van der Waals surface area (Å²) in [5.41, 5.74) is 3.46. The third kappa shape index (κ3) is 5.31. The van der Waals surface area contributed by atoms with E-state index in [-0.39, 0.29) is 6.04 Å². The first-order valence-corrected chi connectivity index (χ1v) is 9.58. The van der Waals surface area contributed by atoms with E-state index >= 15 is 0 Å². The highest BCUT2D eigenvalue weighted by molar-refractivity contribution is 7.09. The SMILES string of the molecule is COCc1ccc(CNC[C@@H]2C[C@H](F)CN2Cc2csc(C)n2)cc1. The molecule has 1 aromatic heterocycles. The van der Waals surface area contributed by atoms with Gasteiger partial charge in [-0.15, -0.1) is 11.3 Å². The zero-order valence-electron chi connectivity index (χ0n) is 14.9. The molecule has 1 N–H and O–H groups in total. The van der Waals surface area contributed by atoms with Crippen LogP contribution in [0.4, 0.5) is 4.39 Å². The average Bonchev–Trinajstić information content (AvgIpc) is 3.15. The normalized spacial score (nSPS) is 21.1. The molecule has 2 aromatic rings. The quantitative estimate of drug-likeness (QED) is 0.781. The smallest absolute Gasteiger partial charge is 0.114 e. The summed E-state index contributed by atoms with van der Waals surface area (Å²) in [5.74, 6) is 0. The second-order valence-corrected chi connectivity index (χ2v) is 7.72. The number of likely N-dealkylation sites (tertiary alicyclic amines) is 1. The lowest BCUT2D eigenvalue weighted by Gasteiger charge is -2.23. The summed E-state index contributed by atoms with van der Waals surface area (Å²) < 4.78 is 19.0. The molecule has 1 aromatic carbocycles. The number of halogens is 1. The molecule has 4 nitrogen and oxygen atoms in total. The molecule has 1 saturated heterocycles. The minimum Gasteiger partial charge on any atom is -0.380 e. The van der Waals surface area contributed by atoms with Crippen LogP contribution in [0, 0.1) is 6.92 Å². The summed E-state index contributed by atoms with van der Waals surface area (Å²) in [5, 5.41) is 6.62. The van der Waals surface area contributed by atoms with Crippen LogP contribution in [-0.2, 0) is 24.4 Å². The zero-order valence-corrected chi connectivity index (χ0v) is 15.7. The average molecular weight is 364 g/mol. The summed E-state index contributed by atoms with van der Waals surface area (Å²) >= 11 is 1.65. The van der Waals surface area contributed by atoms with Gasteiger partial charge in [0.2, 0.25) is 0 Å². The topological polar surface area (TPSA) is 37.4 Å². The van der Waals surface area contributed by atoms with Gasteiger partial charge in [0.1, 0.15) is 6.17 Å². The summed E-state index contributed by atoms with van der Waals surface area (Å²) in [6.07, 6.45) is -0.136. The molecule has 0 aliphatic carbocycles. The molecule has 0 saturated carbocycles. The van der Waals surface area contributed by atoms with Gasteiger partial charge in [0.05, 0.1) is 17.3 Å². The van der Waals surface area contributed by atoms with Crippen LogP contribution in [-0.4, -0.2) is 42.3 Å². The molecule has 0 bridgehead atoms. The van der Waals surface area contributed by atoms with Crippen molar-refractivity contribution in [2.24, 2.45) is 0 Å². The Morgan fingerprint density at radius 2 is 2.08 bits per heavy atom. The number of benzene rings is 1. The number of aryl methyl sites for hydroxylation is 1. The van der Waals surface area contributed by atoms with Gasteiger partial charge in [0, 0.05) is 44.7 Å². The fourth-order valence-corrected chi connectivity index (χ4v) is 3.92. The number of ether oxygens (including phenoxy) is 1. The van der Waals surface area contributed by atoms with Gasteiger partial charge in [-0.25, -0.2) is 9.37 Å². The molecule has 3 rings (SSSR count). The second kappa shape index (κ2) is 8.85. The molecule has 0 radical (unpaired) electrons. The van der Waals surface area contributed by atoms with E-state index < -0.39 is 6.17 Å². The van der Waals surface area contributed by atoms with Crippen molar-refractivity contribution in [2.45, 2.75) is 45.3 Å². The summed E-state index contributed by atoms with van der Waals surface area (Å²) in [6.45, 7) is 5.48. The van der Waals surface area contributed by atoms with E-state index in [1.807, 2.05) is 6.92 Å². The van der Waals surface area contributed by atoms with E-state index in [4.69, 9.17) is 4.74 Å². The Balaban J connectivity index is 1.48. The number of nitrogens with zero attached hydrogens (tertiary/aromatic N) is 2. The lowest BCUT2D eigenvalue weighted by atomic mass is 10.1. The van der Waals surface area contributed by atoms with Gasteiger partial charge in [0.25, 0.3) is 0 Å². The Bertz CT molecular complexity index is 661. The number of methoxy groups -OCH3 is 1. The Kier molecular flexibility index (Phi) is 6.53. The molecule has 0 unspecified atom stereocenters. The molecule has 2 heterocycles. The first-order valence-electron chi connectivity index (χ1n) is 8.70. The van der Waals surface area contributed by atoms with Gasteiger partial charge in [-0.1, -0.05) is 24.3 Å². The molecule has 1 fully saturated rings. The van der Waals surface area contributed by atoms with Crippen molar-refractivity contribution in [2.75, 3.05) is 20.2 Å². The molecule has 2 atom stereocenters. The van der Waals surface area contributed by atoms with Crippen LogP contribution in [0.25, 0.3) is 0 Å². The fourth-order valence-electron chi connectivity index (χ4n) is 3.32. The highest BCUT2D eigenvalue weighted by atomic mass is 32.1. The molecule has 0 amide bonds. The van der Waals surface area contributed by atoms with Crippen LogP contribution in [0.5, 0.6) is 0 Å². The summed E-state index contributed by atoms with van der Waals surface area (Å²) in [6, 6.07) is 8.63. The maximum atomic E-state index is 13.9. The van der Waals surface area contributed by atoms with Gasteiger partial charge in [-0.2, -0.15) is 0 Å². The van der Waals surface area contributed by atoms with E-state index in [1.54, 1.807) is 18.4 Å². The van der Waals surface area contributed by atoms with E-state index in [0.29, 0.717) is 19.6 Å². The van der Waals surface area contributed by atoms with Crippen molar-refractivity contribution in [3.05, 3.63) is 51.5 Å². The Hall–Kier alpha value is -1.34. The first-order chi connectivity index (χ1) is 12.1. The van der Waals surface area contributed by atoms with Crippen molar-refractivity contribution in [3.8, 4) is 0 Å². The van der Waals surface area contributed by atoms with Crippen molar-refractivity contribution < 1.29 is 9.13 Å². The second-order valence-electron chi connectivity index (χ2n) is 6.65. The van der Waals surface area contributed by atoms with Crippen LogP contribution in [0.15, 0.2) is 29.6 Å². The van der Waals surface area contributed by atoms with E-state index in [0.717, 1.165) is 30.3 Å². The van der Waals surface area contributed by atoms with Crippen LogP contribution in [0.3, 0.4) is 0 Å². The molecule has 6 heteroatoms. The van der Waals surface area contributed by atoms with Gasteiger partial charge < -0.3 is 10.1 Å². The maximum Gasteiger partial charge on any atom is 0.114 e. The minimum absolute atomic E-state index is 0.227. The predicted molar refractivity (Wildman–Crippen MR) is 99.4 cm³/mol. The number of alkyl halides is 1. The predicted octanol–water partition coefficient (Wildman–Crippen LogP) is 3.30. The van der Waals surface area contributed by atoms with E-state index in [1.165, 1.54) is 11.1 Å². The van der Waals surface area contributed by atoms with Crippen LogP contribution < -0.4 is 5.32 Å². The van der Waals surface area contributed by atoms with Gasteiger partial charge in [-0.3, -0.25) is 4.90 Å². The summed E-state index contributed by atoms with van der Waals surface area (Å²) in [4.78, 5) is 6.72. The van der Waals surface area contributed by atoms with Crippen molar-refractivity contribution in [1.29, 1.82) is 0 Å². The van der Waals surface area contributed by atoms with Crippen LogP contribution >= 0.6 is 11.3 Å². The zero-order chi connectivity index (χ0) is 17.6. The molecule has 25 heavy (non-hydrogen) atoms. The number of thiazole rings is 1. The first kappa shape index (κ1) is 18.5. The number of hydrogen-bond acceptors (Lipinski definition) is 5. The number of aromatic nitrogens is 1. The molecular weight excluding hydrogens is 337 g/mol. The van der Waals surface area contributed by atoms with Crippen LogP contribution in [0.1, 0.15) is 28.2 Å². The standard InChI is InChI=1S/C19H26FN3OS/c1-14-22-18(13-25-14)11-23-10-17(20)7-19(23)9-21-8-15-3-5-16(6-4-15)12-24-2/h3-6,13,17,19,21H,7-12H2,1-2H3/t17-,19-/m0/s1. The van der Waals surface area contributed by atoms with E-state index in [2.05, 4.69) is 44.8 Å². The monoisotopic (exact) mass is 363 g/mol. The highest BCUT2D eigenvalue weighted by Gasteiger charge is 2.31. The molecule has 136 valence electrons. The van der Waals surface area contributed by atoms with Gasteiger partial charge in [0.15, 0.2) is 0 Å². The molecule has 1 aliphatic rings. The Morgan fingerprint density at radius 1 is 1.32 bits per heavy atom.